The fourth-order valence-corrected chi connectivity index (χ4v) is 2.28. The highest BCUT2D eigenvalue weighted by Crippen LogP contribution is 2.28. The van der Waals surface area contributed by atoms with E-state index in [-0.39, 0.29) is 24.2 Å². The van der Waals surface area contributed by atoms with Crippen molar-refractivity contribution in [1.29, 1.82) is 0 Å². The normalized spacial score (nSPS) is 22.8. The zero-order valence-electron chi connectivity index (χ0n) is 11.9. The van der Waals surface area contributed by atoms with Crippen molar-refractivity contribution in [3.05, 3.63) is 11.7 Å². The Kier molecular flexibility index (Phi) is 4.03. The molecule has 1 atom stereocenters. The SMILES string of the molecule is CNC(=O)c1noc(CNC(=O)C2(C)CCN(C)C2)n1. The molecule has 0 radical (unpaired) electrons. The maximum atomic E-state index is 12.2. The van der Waals surface area contributed by atoms with Gasteiger partial charge in [0.15, 0.2) is 0 Å². The second-order valence-electron chi connectivity index (χ2n) is 5.32. The van der Waals surface area contributed by atoms with Gasteiger partial charge in [-0.25, -0.2) is 0 Å². The quantitative estimate of drug-likeness (QED) is 0.763. The zero-order chi connectivity index (χ0) is 14.8. The Morgan fingerprint density at radius 3 is 2.85 bits per heavy atom. The number of amides is 2. The summed E-state index contributed by atoms with van der Waals surface area (Å²) in [5.74, 6) is -0.285. The van der Waals surface area contributed by atoms with E-state index in [0.29, 0.717) is 0 Å². The highest BCUT2D eigenvalue weighted by molar-refractivity contribution is 5.89. The highest BCUT2D eigenvalue weighted by atomic mass is 16.5. The number of hydrogen-bond donors (Lipinski definition) is 2. The first-order valence-corrected chi connectivity index (χ1v) is 6.46. The third-order valence-electron chi connectivity index (χ3n) is 3.51. The third-order valence-corrected chi connectivity index (χ3v) is 3.51. The number of carbonyl (C=O) groups excluding carboxylic acids is 2. The van der Waals surface area contributed by atoms with E-state index in [1.165, 1.54) is 7.05 Å². The molecule has 2 amide bonds. The summed E-state index contributed by atoms with van der Waals surface area (Å²) in [5.41, 5.74) is -0.390. The van der Waals surface area contributed by atoms with Crippen LogP contribution in [-0.4, -0.2) is 54.0 Å². The van der Waals surface area contributed by atoms with Gasteiger partial charge in [-0.05, 0) is 26.9 Å². The molecule has 0 saturated carbocycles. The lowest BCUT2D eigenvalue weighted by molar-refractivity contribution is -0.129. The van der Waals surface area contributed by atoms with Gasteiger partial charge in [0.25, 0.3) is 11.7 Å². The summed E-state index contributed by atoms with van der Waals surface area (Å²) in [5, 5.41) is 8.71. The molecule has 0 bridgehead atoms. The van der Waals surface area contributed by atoms with Gasteiger partial charge in [-0.15, -0.1) is 0 Å². The van der Waals surface area contributed by atoms with Crippen molar-refractivity contribution in [3.8, 4) is 0 Å². The predicted octanol–water partition coefficient (Wildman–Crippen LogP) is -0.613. The van der Waals surface area contributed by atoms with Crippen molar-refractivity contribution in [3.63, 3.8) is 0 Å². The molecule has 1 saturated heterocycles. The van der Waals surface area contributed by atoms with Crippen LogP contribution in [0.25, 0.3) is 0 Å². The van der Waals surface area contributed by atoms with Crippen LogP contribution >= 0.6 is 0 Å². The molecule has 2 rings (SSSR count). The van der Waals surface area contributed by atoms with E-state index in [1.54, 1.807) is 0 Å². The number of carbonyl (C=O) groups is 2. The van der Waals surface area contributed by atoms with Gasteiger partial charge in [0, 0.05) is 13.6 Å². The average molecular weight is 281 g/mol. The largest absolute Gasteiger partial charge is 0.352 e. The maximum absolute atomic E-state index is 12.2. The third kappa shape index (κ3) is 2.96. The minimum absolute atomic E-state index is 0.0384. The number of nitrogens with zero attached hydrogens (tertiary/aromatic N) is 3. The lowest BCUT2D eigenvalue weighted by Gasteiger charge is -2.21. The standard InChI is InChI=1S/C12H19N5O3/c1-12(4-5-17(3)7-12)11(19)14-6-8-15-9(16-20-8)10(18)13-2/h4-7H2,1-3H3,(H,13,18)(H,14,19). The Hall–Kier alpha value is -1.96. The number of hydrogen-bond acceptors (Lipinski definition) is 6. The fourth-order valence-electron chi connectivity index (χ4n) is 2.28. The van der Waals surface area contributed by atoms with Crippen molar-refractivity contribution >= 4 is 11.8 Å². The van der Waals surface area contributed by atoms with Crippen LogP contribution in [0.2, 0.25) is 0 Å². The van der Waals surface area contributed by atoms with Crippen molar-refractivity contribution < 1.29 is 14.1 Å². The van der Waals surface area contributed by atoms with Crippen LogP contribution in [0, 0.1) is 5.41 Å². The summed E-state index contributed by atoms with van der Waals surface area (Å²) in [6.45, 7) is 3.70. The Labute approximate surface area is 116 Å². The van der Waals surface area contributed by atoms with E-state index in [0.717, 1.165) is 19.5 Å². The van der Waals surface area contributed by atoms with Gasteiger partial charge in [-0.3, -0.25) is 9.59 Å². The molecule has 8 heteroatoms. The summed E-state index contributed by atoms with van der Waals surface area (Å²) >= 11 is 0. The van der Waals surface area contributed by atoms with Crippen LogP contribution in [-0.2, 0) is 11.3 Å². The minimum atomic E-state index is -0.421. The highest BCUT2D eigenvalue weighted by Gasteiger charge is 2.38. The second-order valence-corrected chi connectivity index (χ2v) is 5.32. The summed E-state index contributed by atoms with van der Waals surface area (Å²) in [6.07, 6.45) is 0.822. The number of nitrogens with one attached hydrogen (secondary N) is 2. The van der Waals surface area contributed by atoms with Crippen LogP contribution in [0.5, 0.6) is 0 Å². The molecule has 1 aliphatic heterocycles. The maximum Gasteiger partial charge on any atom is 0.292 e. The second kappa shape index (κ2) is 5.58. The molecule has 1 aromatic heterocycles. The summed E-state index contributed by atoms with van der Waals surface area (Å²) in [6, 6.07) is 0. The molecule has 0 aromatic carbocycles. The number of likely N-dealkylation sites (tertiary alicyclic amines) is 1. The van der Waals surface area contributed by atoms with Crippen LogP contribution in [0.3, 0.4) is 0 Å². The van der Waals surface area contributed by atoms with E-state index < -0.39 is 11.3 Å². The van der Waals surface area contributed by atoms with Crippen LogP contribution in [0.1, 0.15) is 29.9 Å². The van der Waals surface area contributed by atoms with E-state index in [2.05, 4.69) is 25.7 Å². The summed E-state index contributed by atoms with van der Waals surface area (Å²) < 4.78 is 4.91. The predicted molar refractivity (Wildman–Crippen MR) is 69.8 cm³/mol. The molecule has 2 N–H and O–H groups in total. The van der Waals surface area contributed by atoms with Crippen molar-refractivity contribution in [2.75, 3.05) is 27.2 Å². The zero-order valence-corrected chi connectivity index (χ0v) is 11.9. The molecule has 1 fully saturated rings. The van der Waals surface area contributed by atoms with Gasteiger partial charge in [0.1, 0.15) is 0 Å². The van der Waals surface area contributed by atoms with Gasteiger partial charge in [0.05, 0.1) is 12.0 Å². The van der Waals surface area contributed by atoms with Crippen LogP contribution in [0.15, 0.2) is 4.52 Å². The van der Waals surface area contributed by atoms with Gasteiger partial charge < -0.3 is 20.1 Å². The first-order valence-electron chi connectivity index (χ1n) is 6.46. The van der Waals surface area contributed by atoms with Gasteiger partial charge >= 0.3 is 0 Å². The van der Waals surface area contributed by atoms with Crippen LogP contribution in [0.4, 0.5) is 0 Å². The van der Waals surface area contributed by atoms with E-state index >= 15 is 0 Å². The van der Waals surface area contributed by atoms with Crippen molar-refractivity contribution in [1.82, 2.24) is 25.7 Å². The molecule has 2 heterocycles. The van der Waals surface area contributed by atoms with E-state index in [1.807, 2.05) is 14.0 Å². The first-order chi connectivity index (χ1) is 9.44. The summed E-state index contributed by atoms with van der Waals surface area (Å²) in [7, 11) is 3.48. The molecule has 0 aliphatic carbocycles. The van der Waals surface area contributed by atoms with Gasteiger partial charge in [-0.1, -0.05) is 5.16 Å². The molecule has 110 valence electrons. The molecule has 8 nitrogen and oxygen atoms in total. The van der Waals surface area contributed by atoms with E-state index in [9.17, 15) is 9.59 Å². The fraction of sp³-hybridized carbons (Fsp3) is 0.667. The molecular formula is C12H19N5O3. The van der Waals surface area contributed by atoms with Crippen molar-refractivity contribution in [2.45, 2.75) is 19.9 Å². The molecule has 20 heavy (non-hydrogen) atoms. The Balaban J connectivity index is 1.90. The van der Waals surface area contributed by atoms with Crippen molar-refractivity contribution in [2.24, 2.45) is 5.41 Å². The molecule has 0 spiro atoms. The number of rotatable bonds is 4. The lowest BCUT2D eigenvalue weighted by atomic mass is 9.89. The smallest absolute Gasteiger partial charge is 0.292 e. The van der Waals surface area contributed by atoms with E-state index in [4.69, 9.17) is 4.52 Å². The Morgan fingerprint density at radius 1 is 1.50 bits per heavy atom. The van der Waals surface area contributed by atoms with Gasteiger partial charge in [-0.2, -0.15) is 4.98 Å². The van der Waals surface area contributed by atoms with Gasteiger partial charge in [0.2, 0.25) is 11.8 Å². The Morgan fingerprint density at radius 2 is 2.25 bits per heavy atom. The molecule has 1 unspecified atom stereocenters. The molecular weight excluding hydrogens is 262 g/mol. The number of aromatic nitrogens is 2. The molecule has 1 aromatic rings. The lowest BCUT2D eigenvalue weighted by Crippen LogP contribution is -2.40. The summed E-state index contributed by atoms with van der Waals surface area (Å²) in [4.78, 5) is 29.5. The first kappa shape index (κ1) is 14.4. The topological polar surface area (TPSA) is 100 Å². The monoisotopic (exact) mass is 281 g/mol. The Bertz CT molecular complexity index is 515. The van der Waals surface area contributed by atoms with Crippen LogP contribution < -0.4 is 10.6 Å². The molecule has 1 aliphatic rings. The average Bonchev–Trinajstić information content (AvgIpc) is 3.03. The minimum Gasteiger partial charge on any atom is -0.352 e.